The van der Waals surface area contributed by atoms with E-state index in [-0.39, 0.29) is 12.5 Å². The van der Waals surface area contributed by atoms with Crippen LogP contribution in [-0.4, -0.2) is 39.5 Å². The highest BCUT2D eigenvalue weighted by molar-refractivity contribution is 5.95. The van der Waals surface area contributed by atoms with Crippen LogP contribution in [0.5, 0.6) is 0 Å². The number of hydrogen-bond donors (Lipinski definition) is 2. The minimum Gasteiger partial charge on any atom is -0.480 e. The van der Waals surface area contributed by atoms with E-state index in [2.05, 4.69) is 10.4 Å². The number of carboxylic acids is 1. The predicted octanol–water partition coefficient (Wildman–Crippen LogP) is 0.331. The molecule has 0 spiro atoms. The maximum atomic E-state index is 11.7. The van der Waals surface area contributed by atoms with Crippen LogP contribution < -0.4 is 5.32 Å². The Morgan fingerprint density at radius 2 is 2.24 bits per heavy atom. The highest BCUT2D eigenvalue weighted by Gasteiger charge is 2.27. The number of aliphatic carboxylic acids is 1. The fraction of sp³-hybridized carbons (Fsp3) is 0.500. The Labute approximate surface area is 98.4 Å². The molecule has 0 unspecified atom stereocenters. The lowest BCUT2D eigenvalue weighted by Gasteiger charge is -2.20. The van der Waals surface area contributed by atoms with Gasteiger partial charge in [-0.05, 0) is 13.8 Å². The van der Waals surface area contributed by atoms with Crippen LogP contribution in [0.2, 0.25) is 0 Å². The van der Waals surface area contributed by atoms with Crippen molar-refractivity contribution < 1.29 is 19.4 Å². The van der Waals surface area contributed by atoms with E-state index in [0.717, 1.165) is 0 Å². The Morgan fingerprint density at radius 3 is 2.76 bits per heavy atom. The first-order valence-corrected chi connectivity index (χ1v) is 4.97. The average Bonchev–Trinajstić information content (AvgIpc) is 2.64. The molecule has 1 aromatic rings. The number of hydrogen-bond acceptors (Lipinski definition) is 4. The number of methoxy groups -OCH3 is 1. The number of ether oxygens (including phenoxy) is 1. The van der Waals surface area contributed by atoms with Gasteiger partial charge in [-0.2, -0.15) is 5.10 Å². The number of carboxylic acid groups (broad SMARTS) is 1. The number of nitrogens with one attached hydrogen (secondary N) is 1. The lowest BCUT2D eigenvalue weighted by molar-refractivity contribution is -0.137. The summed E-state index contributed by atoms with van der Waals surface area (Å²) in [6, 6.07) is 1.52. The molecule has 2 N–H and O–H groups in total. The van der Waals surface area contributed by atoms with Gasteiger partial charge in [-0.25, -0.2) is 0 Å². The summed E-state index contributed by atoms with van der Waals surface area (Å²) < 4.78 is 6.22. The Bertz CT molecular complexity index is 425. The smallest absolute Gasteiger partial charge is 0.325 e. The van der Waals surface area contributed by atoms with Crippen molar-refractivity contribution in [3.05, 3.63) is 12.3 Å². The number of anilines is 1. The molecule has 1 amide bonds. The maximum Gasteiger partial charge on any atom is 0.325 e. The molecule has 0 saturated carbocycles. The van der Waals surface area contributed by atoms with E-state index in [0.29, 0.717) is 5.82 Å². The minimum atomic E-state index is -0.997. The topological polar surface area (TPSA) is 93.5 Å². The number of aromatic nitrogens is 2. The average molecular weight is 241 g/mol. The second-order valence-corrected chi connectivity index (χ2v) is 3.96. The van der Waals surface area contributed by atoms with Gasteiger partial charge in [0.05, 0.1) is 0 Å². The molecule has 0 atom stereocenters. The molecule has 0 aliphatic rings. The molecule has 7 heteroatoms. The van der Waals surface area contributed by atoms with Crippen LogP contribution in [0.4, 0.5) is 5.82 Å². The minimum absolute atomic E-state index is 0.246. The van der Waals surface area contributed by atoms with Crippen molar-refractivity contribution in [2.75, 3.05) is 12.4 Å². The van der Waals surface area contributed by atoms with Gasteiger partial charge in [0.15, 0.2) is 5.82 Å². The van der Waals surface area contributed by atoms with Gasteiger partial charge < -0.3 is 15.2 Å². The fourth-order valence-electron chi connectivity index (χ4n) is 1.01. The lowest BCUT2D eigenvalue weighted by Crippen LogP contribution is -2.38. The summed E-state index contributed by atoms with van der Waals surface area (Å²) >= 11 is 0. The number of carbonyl (C=O) groups is 2. The summed E-state index contributed by atoms with van der Waals surface area (Å²) in [6.07, 6.45) is 1.48. The Hall–Kier alpha value is -1.89. The van der Waals surface area contributed by atoms with Crippen molar-refractivity contribution in [1.82, 2.24) is 9.78 Å². The molecule has 0 radical (unpaired) electrons. The molecule has 0 saturated heterocycles. The van der Waals surface area contributed by atoms with Crippen LogP contribution in [0, 0.1) is 0 Å². The van der Waals surface area contributed by atoms with Crippen molar-refractivity contribution >= 4 is 17.7 Å². The van der Waals surface area contributed by atoms with Gasteiger partial charge in [0.1, 0.15) is 12.1 Å². The number of amides is 1. The van der Waals surface area contributed by atoms with E-state index < -0.39 is 11.6 Å². The van der Waals surface area contributed by atoms with Gasteiger partial charge in [0.25, 0.3) is 5.91 Å². The van der Waals surface area contributed by atoms with E-state index in [4.69, 9.17) is 9.84 Å². The van der Waals surface area contributed by atoms with Crippen LogP contribution in [0.3, 0.4) is 0 Å². The highest BCUT2D eigenvalue weighted by Crippen LogP contribution is 2.11. The van der Waals surface area contributed by atoms with Crippen LogP contribution in [0.15, 0.2) is 12.3 Å². The van der Waals surface area contributed by atoms with Crippen LogP contribution in [0.25, 0.3) is 0 Å². The predicted molar refractivity (Wildman–Crippen MR) is 59.6 cm³/mol. The molecule has 0 bridgehead atoms. The van der Waals surface area contributed by atoms with Gasteiger partial charge in [-0.1, -0.05) is 0 Å². The van der Waals surface area contributed by atoms with Gasteiger partial charge in [0.2, 0.25) is 0 Å². The Balaban J connectivity index is 2.67. The fourth-order valence-corrected chi connectivity index (χ4v) is 1.01. The van der Waals surface area contributed by atoms with Gasteiger partial charge in [-0.3, -0.25) is 14.3 Å². The van der Waals surface area contributed by atoms with E-state index in [1.807, 2.05) is 0 Å². The number of rotatable bonds is 5. The molecule has 94 valence electrons. The molecule has 1 rings (SSSR count). The molecule has 17 heavy (non-hydrogen) atoms. The first-order valence-electron chi connectivity index (χ1n) is 4.97. The Morgan fingerprint density at radius 1 is 1.59 bits per heavy atom. The molecule has 0 aliphatic carbocycles. The van der Waals surface area contributed by atoms with Gasteiger partial charge >= 0.3 is 5.97 Å². The Kier molecular flexibility index (Phi) is 3.84. The monoisotopic (exact) mass is 241 g/mol. The third-order valence-electron chi connectivity index (χ3n) is 2.24. The van der Waals surface area contributed by atoms with E-state index >= 15 is 0 Å². The van der Waals surface area contributed by atoms with E-state index in [9.17, 15) is 9.59 Å². The summed E-state index contributed by atoms with van der Waals surface area (Å²) in [4.78, 5) is 22.1. The summed E-state index contributed by atoms with van der Waals surface area (Å²) in [7, 11) is 1.43. The first-order chi connectivity index (χ1) is 7.85. The van der Waals surface area contributed by atoms with Crippen molar-refractivity contribution in [1.29, 1.82) is 0 Å². The first kappa shape index (κ1) is 13.2. The van der Waals surface area contributed by atoms with Crippen LogP contribution >= 0.6 is 0 Å². The zero-order valence-electron chi connectivity index (χ0n) is 9.93. The number of carbonyl (C=O) groups excluding carboxylic acids is 1. The van der Waals surface area contributed by atoms with E-state index in [1.165, 1.54) is 24.1 Å². The van der Waals surface area contributed by atoms with Gasteiger partial charge in [0, 0.05) is 19.4 Å². The van der Waals surface area contributed by atoms with Crippen LogP contribution in [0.1, 0.15) is 13.8 Å². The van der Waals surface area contributed by atoms with Crippen molar-refractivity contribution in [2.45, 2.75) is 26.0 Å². The standard InChI is InChI=1S/C10H15N3O4/c1-10(2,17-3)9(16)11-7-4-5-13(12-7)6-8(14)15/h4-5H,6H2,1-3H3,(H,14,15)(H,11,12,16). The SMILES string of the molecule is COC(C)(C)C(=O)Nc1ccn(CC(=O)O)n1. The molecular weight excluding hydrogens is 226 g/mol. The summed E-state index contributed by atoms with van der Waals surface area (Å²) in [5, 5.41) is 15.0. The quantitative estimate of drug-likeness (QED) is 0.774. The summed E-state index contributed by atoms with van der Waals surface area (Å²) in [6.45, 7) is 3.00. The lowest BCUT2D eigenvalue weighted by atomic mass is 10.1. The molecule has 1 heterocycles. The van der Waals surface area contributed by atoms with Crippen molar-refractivity contribution in [2.24, 2.45) is 0 Å². The summed E-state index contributed by atoms with van der Waals surface area (Å²) in [5.41, 5.74) is -0.962. The van der Waals surface area contributed by atoms with Crippen molar-refractivity contribution in [3.8, 4) is 0 Å². The molecule has 0 aliphatic heterocycles. The largest absolute Gasteiger partial charge is 0.480 e. The second-order valence-electron chi connectivity index (χ2n) is 3.96. The number of nitrogens with zero attached hydrogens (tertiary/aromatic N) is 2. The third kappa shape index (κ3) is 3.56. The van der Waals surface area contributed by atoms with Crippen molar-refractivity contribution in [3.63, 3.8) is 0 Å². The highest BCUT2D eigenvalue weighted by atomic mass is 16.5. The zero-order chi connectivity index (χ0) is 13.1. The summed E-state index contributed by atoms with van der Waals surface area (Å²) in [5.74, 6) is -1.05. The van der Waals surface area contributed by atoms with Crippen LogP contribution in [-0.2, 0) is 20.9 Å². The zero-order valence-corrected chi connectivity index (χ0v) is 9.93. The maximum absolute atomic E-state index is 11.7. The molecule has 0 fully saturated rings. The normalized spacial score (nSPS) is 11.2. The van der Waals surface area contributed by atoms with E-state index in [1.54, 1.807) is 13.8 Å². The molecule has 0 aromatic carbocycles. The van der Waals surface area contributed by atoms with Gasteiger partial charge in [-0.15, -0.1) is 0 Å². The third-order valence-corrected chi connectivity index (χ3v) is 2.24. The molecule has 7 nitrogen and oxygen atoms in total. The molecule has 1 aromatic heterocycles. The second kappa shape index (κ2) is 4.96. The molecular formula is C10H15N3O4.